The van der Waals surface area contributed by atoms with Crippen LogP contribution in [-0.2, 0) is 0 Å². The second-order valence-corrected chi connectivity index (χ2v) is 6.21. The summed E-state index contributed by atoms with van der Waals surface area (Å²) in [7, 11) is 0. The molecule has 88 valence electrons. The lowest BCUT2D eigenvalue weighted by atomic mass is 10.1. The number of nitrogens with one attached hydrogen (secondary N) is 1. The van der Waals surface area contributed by atoms with Gasteiger partial charge in [-0.05, 0) is 66.0 Å². The van der Waals surface area contributed by atoms with E-state index in [0.717, 1.165) is 16.6 Å². The highest BCUT2D eigenvalue weighted by Crippen LogP contribution is 2.32. The van der Waals surface area contributed by atoms with Crippen molar-refractivity contribution in [2.75, 3.05) is 5.32 Å². The maximum Gasteiger partial charge on any atom is 0.0648 e. The van der Waals surface area contributed by atoms with E-state index in [1.807, 2.05) is 6.07 Å². The zero-order valence-corrected chi connectivity index (χ0v) is 12.4. The zero-order valence-electron chi connectivity index (χ0n) is 9.47. The van der Waals surface area contributed by atoms with Crippen LogP contribution in [0, 0.1) is 9.49 Å². The molecule has 1 nitrogen and oxygen atoms in total. The summed E-state index contributed by atoms with van der Waals surface area (Å²) in [5.74, 6) is 0.903. The number of halogens is 2. The first-order valence-electron chi connectivity index (χ1n) is 5.90. The lowest BCUT2D eigenvalue weighted by Gasteiger charge is -2.15. The molecule has 0 amide bonds. The predicted molar refractivity (Wildman–Crippen MR) is 79.2 cm³/mol. The Morgan fingerprint density at radius 2 is 2.25 bits per heavy atom. The van der Waals surface area contributed by atoms with Crippen molar-refractivity contribution in [3.8, 4) is 0 Å². The maximum atomic E-state index is 6.21. The third-order valence-corrected chi connectivity index (χ3v) is 4.39. The van der Waals surface area contributed by atoms with E-state index in [1.54, 1.807) is 0 Å². The van der Waals surface area contributed by atoms with Crippen LogP contribution in [-0.4, -0.2) is 6.04 Å². The van der Waals surface area contributed by atoms with Gasteiger partial charge in [-0.1, -0.05) is 24.9 Å². The van der Waals surface area contributed by atoms with Crippen LogP contribution in [0.15, 0.2) is 18.2 Å². The molecule has 0 bridgehead atoms. The second-order valence-electron chi connectivity index (χ2n) is 4.55. The van der Waals surface area contributed by atoms with E-state index in [0.29, 0.717) is 6.04 Å². The van der Waals surface area contributed by atoms with Crippen LogP contribution in [0.2, 0.25) is 5.02 Å². The van der Waals surface area contributed by atoms with Gasteiger partial charge in [0.1, 0.15) is 0 Å². The Morgan fingerprint density at radius 1 is 1.44 bits per heavy atom. The van der Waals surface area contributed by atoms with Crippen LogP contribution < -0.4 is 5.32 Å². The summed E-state index contributed by atoms with van der Waals surface area (Å²) in [4.78, 5) is 0. The third kappa shape index (κ3) is 3.04. The van der Waals surface area contributed by atoms with Crippen molar-refractivity contribution in [1.82, 2.24) is 0 Å². The summed E-state index contributed by atoms with van der Waals surface area (Å²) in [6.07, 6.45) is 5.23. The molecule has 16 heavy (non-hydrogen) atoms. The summed E-state index contributed by atoms with van der Waals surface area (Å²) in [5, 5.41) is 4.41. The monoisotopic (exact) mass is 349 g/mol. The minimum atomic E-state index is 0.613. The average Bonchev–Trinajstić information content (AvgIpc) is 2.70. The normalized spacial score (nSPS) is 24.7. The second kappa shape index (κ2) is 5.58. The molecule has 1 fully saturated rings. The van der Waals surface area contributed by atoms with Crippen molar-refractivity contribution in [3.63, 3.8) is 0 Å². The van der Waals surface area contributed by atoms with Gasteiger partial charge in [-0.25, -0.2) is 0 Å². The summed E-state index contributed by atoms with van der Waals surface area (Å²) in [6.45, 7) is 2.28. The molecule has 2 unspecified atom stereocenters. The van der Waals surface area contributed by atoms with E-state index >= 15 is 0 Å². The Balaban J connectivity index is 1.99. The van der Waals surface area contributed by atoms with Gasteiger partial charge in [0.2, 0.25) is 0 Å². The quantitative estimate of drug-likeness (QED) is 0.763. The number of benzene rings is 1. The van der Waals surface area contributed by atoms with Crippen molar-refractivity contribution in [2.45, 2.75) is 38.6 Å². The first kappa shape index (κ1) is 12.5. The minimum absolute atomic E-state index is 0.613. The van der Waals surface area contributed by atoms with Crippen molar-refractivity contribution in [3.05, 3.63) is 26.8 Å². The van der Waals surface area contributed by atoms with Gasteiger partial charge in [-0.3, -0.25) is 0 Å². The van der Waals surface area contributed by atoms with E-state index in [1.165, 1.54) is 29.3 Å². The first-order valence-corrected chi connectivity index (χ1v) is 7.36. The Bertz CT molecular complexity index is 367. The molecular weight excluding hydrogens is 333 g/mol. The third-order valence-electron chi connectivity index (χ3n) is 3.41. The highest BCUT2D eigenvalue weighted by Gasteiger charge is 2.23. The fourth-order valence-electron chi connectivity index (χ4n) is 2.40. The van der Waals surface area contributed by atoms with E-state index in [9.17, 15) is 0 Å². The lowest BCUT2D eigenvalue weighted by molar-refractivity contribution is 0.525. The highest BCUT2D eigenvalue weighted by atomic mass is 127. The van der Waals surface area contributed by atoms with Gasteiger partial charge in [0, 0.05) is 9.61 Å². The Kier molecular flexibility index (Phi) is 4.36. The molecule has 1 saturated carbocycles. The maximum absolute atomic E-state index is 6.21. The molecule has 0 spiro atoms. The van der Waals surface area contributed by atoms with Gasteiger partial charge < -0.3 is 5.32 Å². The van der Waals surface area contributed by atoms with Gasteiger partial charge in [-0.2, -0.15) is 0 Å². The molecule has 1 aliphatic rings. The molecule has 1 aromatic rings. The topological polar surface area (TPSA) is 12.0 Å². The summed E-state index contributed by atoms with van der Waals surface area (Å²) < 4.78 is 1.19. The van der Waals surface area contributed by atoms with Crippen LogP contribution in [0.3, 0.4) is 0 Å². The molecule has 2 rings (SSSR count). The van der Waals surface area contributed by atoms with E-state index in [-0.39, 0.29) is 0 Å². The number of anilines is 1. The van der Waals surface area contributed by atoms with Gasteiger partial charge in [0.15, 0.2) is 0 Å². The molecule has 3 heteroatoms. The predicted octanol–water partition coefficient (Wildman–Crippen LogP) is 4.94. The van der Waals surface area contributed by atoms with Crippen LogP contribution in [0.5, 0.6) is 0 Å². The first-order chi connectivity index (χ1) is 7.69. The number of hydrogen-bond donors (Lipinski definition) is 1. The Hall–Kier alpha value is 0.0400. The lowest BCUT2D eigenvalue weighted by Crippen LogP contribution is -2.15. The molecule has 1 aliphatic carbocycles. The Morgan fingerprint density at radius 3 is 2.88 bits per heavy atom. The summed E-state index contributed by atoms with van der Waals surface area (Å²) in [6, 6.07) is 6.81. The fourth-order valence-corrected chi connectivity index (χ4v) is 3.31. The molecule has 0 radical (unpaired) electrons. The minimum Gasteiger partial charge on any atom is -0.381 e. The van der Waals surface area contributed by atoms with Gasteiger partial charge >= 0.3 is 0 Å². The SMILES string of the molecule is CCC1CCC(Nc2ccc(I)cc2Cl)C1. The van der Waals surface area contributed by atoms with E-state index < -0.39 is 0 Å². The van der Waals surface area contributed by atoms with Crippen LogP contribution in [0.25, 0.3) is 0 Å². The van der Waals surface area contributed by atoms with Crippen molar-refractivity contribution < 1.29 is 0 Å². The van der Waals surface area contributed by atoms with Crippen LogP contribution >= 0.6 is 34.2 Å². The van der Waals surface area contributed by atoms with Gasteiger partial charge in [-0.15, -0.1) is 0 Å². The molecule has 2 atom stereocenters. The van der Waals surface area contributed by atoms with Crippen molar-refractivity contribution in [1.29, 1.82) is 0 Å². The molecule has 0 aromatic heterocycles. The zero-order chi connectivity index (χ0) is 11.5. The smallest absolute Gasteiger partial charge is 0.0648 e. The molecule has 0 aliphatic heterocycles. The molecule has 1 aromatic carbocycles. The highest BCUT2D eigenvalue weighted by molar-refractivity contribution is 14.1. The van der Waals surface area contributed by atoms with E-state index in [2.05, 4.69) is 47.0 Å². The van der Waals surface area contributed by atoms with Crippen LogP contribution in [0.1, 0.15) is 32.6 Å². The number of hydrogen-bond acceptors (Lipinski definition) is 1. The molecule has 0 saturated heterocycles. The largest absolute Gasteiger partial charge is 0.381 e. The summed E-state index contributed by atoms with van der Waals surface area (Å²) in [5.41, 5.74) is 1.09. The van der Waals surface area contributed by atoms with Gasteiger partial charge in [0.05, 0.1) is 10.7 Å². The van der Waals surface area contributed by atoms with Crippen molar-refractivity contribution >= 4 is 39.9 Å². The average molecular weight is 350 g/mol. The standard InChI is InChI=1S/C13H17ClIN/c1-2-9-3-5-11(7-9)16-13-6-4-10(15)8-12(13)14/h4,6,8-9,11,16H,2-3,5,7H2,1H3. The van der Waals surface area contributed by atoms with Crippen molar-refractivity contribution in [2.24, 2.45) is 5.92 Å². The molecular formula is C13H17ClIN. The molecule has 1 N–H and O–H groups in total. The number of rotatable bonds is 3. The fraction of sp³-hybridized carbons (Fsp3) is 0.538. The van der Waals surface area contributed by atoms with Crippen LogP contribution in [0.4, 0.5) is 5.69 Å². The van der Waals surface area contributed by atoms with Gasteiger partial charge in [0.25, 0.3) is 0 Å². The van der Waals surface area contributed by atoms with E-state index in [4.69, 9.17) is 11.6 Å². The molecule has 0 heterocycles. The summed E-state index contributed by atoms with van der Waals surface area (Å²) >= 11 is 8.49. The Labute approximate surface area is 116 Å².